The van der Waals surface area contributed by atoms with Crippen LogP contribution in [0.2, 0.25) is 0 Å². The summed E-state index contributed by atoms with van der Waals surface area (Å²) in [4.78, 5) is 18.1. The van der Waals surface area contributed by atoms with Gasteiger partial charge in [-0.1, -0.05) is 0 Å². The van der Waals surface area contributed by atoms with Crippen molar-refractivity contribution in [3.8, 4) is 0 Å². The summed E-state index contributed by atoms with van der Waals surface area (Å²) in [5.41, 5.74) is 0.347. The van der Waals surface area contributed by atoms with E-state index in [-0.39, 0.29) is 6.09 Å². The van der Waals surface area contributed by atoms with Gasteiger partial charge in [0, 0.05) is 25.0 Å². The summed E-state index contributed by atoms with van der Waals surface area (Å²) in [6, 6.07) is 0.678. The van der Waals surface area contributed by atoms with Crippen LogP contribution in [0.25, 0.3) is 0 Å². The van der Waals surface area contributed by atoms with Crippen molar-refractivity contribution in [1.29, 1.82) is 0 Å². The van der Waals surface area contributed by atoms with Crippen molar-refractivity contribution in [2.75, 3.05) is 32.8 Å². The molecule has 4 rings (SSSR count). The van der Waals surface area contributed by atoms with Crippen molar-refractivity contribution < 1.29 is 9.53 Å². The van der Waals surface area contributed by atoms with E-state index in [9.17, 15) is 4.79 Å². The predicted octanol–water partition coefficient (Wildman–Crippen LogP) is 1.88. The number of tetrazole rings is 1. The fourth-order valence-corrected chi connectivity index (χ4v) is 4.91. The lowest BCUT2D eigenvalue weighted by atomic mass is 9.64. The average molecular weight is 362 g/mol. The maximum Gasteiger partial charge on any atom is 0.409 e. The van der Waals surface area contributed by atoms with E-state index in [1.807, 2.05) is 18.7 Å². The number of piperidine rings is 1. The number of hydrogen-bond donors (Lipinski definition) is 0. The molecule has 3 heterocycles. The Morgan fingerprint density at radius 3 is 2.65 bits per heavy atom. The topological polar surface area (TPSA) is 76.4 Å². The number of amides is 1. The van der Waals surface area contributed by atoms with Gasteiger partial charge in [-0.25, -0.2) is 4.79 Å². The zero-order valence-electron chi connectivity index (χ0n) is 15.9. The Morgan fingerprint density at radius 1 is 1.23 bits per heavy atom. The van der Waals surface area contributed by atoms with Gasteiger partial charge in [-0.15, -0.1) is 10.2 Å². The van der Waals surface area contributed by atoms with E-state index in [0.717, 1.165) is 57.8 Å². The normalized spacial score (nSPS) is 29.9. The highest BCUT2D eigenvalue weighted by molar-refractivity contribution is 5.68. The molecule has 1 aliphatic carbocycles. The van der Waals surface area contributed by atoms with Gasteiger partial charge in [-0.05, 0) is 69.7 Å². The molecule has 1 spiro atoms. The SMILES string of the molecule is CCOC(=O)N1CCC2(CC(N3CCC(c4nnn(CC)n4)CC3)C2)C1. The van der Waals surface area contributed by atoms with E-state index in [1.165, 1.54) is 12.8 Å². The molecule has 144 valence electrons. The van der Waals surface area contributed by atoms with Crippen molar-refractivity contribution in [2.45, 2.75) is 64.5 Å². The summed E-state index contributed by atoms with van der Waals surface area (Å²) in [6.07, 6.45) is 5.67. The lowest BCUT2D eigenvalue weighted by Gasteiger charge is -2.51. The van der Waals surface area contributed by atoms with Crippen LogP contribution in [0.15, 0.2) is 0 Å². The molecule has 0 radical (unpaired) electrons. The first kappa shape index (κ1) is 17.7. The van der Waals surface area contributed by atoms with Crippen LogP contribution < -0.4 is 0 Å². The number of ether oxygens (including phenoxy) is 1. The van der Waals surface area contributed by atoms with Crippen LogP contribution in [0.5, 0.6) is 0 Å². The molecule has 8 nitrogen and oxygen atoms in total. The third-order valence-corrected chi connectivity index (χ3v) is 6.46. The second-order valence-corrected chi connectivity index (χ2v) is 8.08. The monoisotopic (exact) mass is 362 g/mol. The van der Waals surface area contributed by atoms with Gasteiger partial charge >= 0.3 is 6.09 Å². The van der Waals surface area contributed by atoms with Crippen molar-refractivity contribution in [3.63, 3.8) is 0 Å². The number of carbonyl (C=O) groups excluding carboxylic acids is 1. The molecular formula is C18H30N6O2. The molecule has 1 aromatic rings. The largest absolute Gasteiger partial charge is 0.450 e. The molecule has 0 bridgehead atoms. The highest BCUT2D eigenvalue weighted by Crippen LogP contribution is 2.50. The highest BCUT2D eigenvalue weighted by Gasteiger charge is 2.51. The molecule has 2 aliphatic heterocycles. The van der Waals surface area contributed by atoms with Gasteiger partial charge in [-0.2, -0.15) is 4.80 Å². The average Bonchev–Trinajstić information content (AvgIpc) is 3.28. The third kappa shape index (κ3) is 3.31. The fourth-order valence-electron chi connectivity index (χ4n) is 4.91. The lowest BCUT2D eigenvalue weighted by molar-refractivity contribution is -0.00508. The van der Waals surface area contributed by atoms with Crippen LogP contribution >= 0.6 is 0 Å². The number of nitrogens with zero attached hydrogens (tertiary/aromatic N) is 6. The number of likely N-dealkylation sites (tertiary alicyclic amines) is 2. The minimum absolute atomic E-state index is 0.138. The molecule has 3 aliphatic rings. The molecular weight excluding hydrogens is 332 g/mol. The maximum absolute atomic E-state index is 11.9. The number of rotatable bonds is 4. The Morgan fingerprint density at radius 2 is 2.00 bits per heavy atom. The summed E-state index contributed by atoms with van der Waals surface area (Å²) in [5, 5.41) is 12.8. The Bertz CT molecular complexity index is 633. The van der Waals surface area contributed by atoms with Gasteiger partial charge in [0.05, 0.1) is 13.2 Å². The quantitative estimate of drug-likeness (QED) is 0.814. The smallest absolute Gasteiger partial charge is 0.409 e. The van der Waals surface area contributed by atoms with Crippen LogP contribution in [-0.2, 0) is 11.3 Å². The van der Waals surface area contributed by atoms with E-state index in [0.29, 0.717) is 24.0 Å². The van der Waals surface area contributed by atoms with Gasteiger partial charge < -0.3 is 14.5 Å². The summed E-state index contributed by atoms with van der Waals surface area (Å²) in [7, 11) is 0. The standard InChI is InChI=1S/C18H30N6O2/c1-3-24-20-16(19-21-24)14-5-8-22(9-6-14)15-11-18(12-15)7-10-23(13-18)17(25)26-4-2/h14-15H,3-13H2,1-2H3. The van der Waals surface area contributed by atoms with Gasteiger partial charge in [-0.3, -0.25) is 0 Å². The van der Waals surface area contributed by atoms with Crippen molar-refractivity contribution >= 4 is 6.09 Å². The number of aromatic nitrogens is 4. The highest BCUT2D eigenvalue weighted by atomic mass is 16.6. The van der Waals surface area contributed by atoms with Crippen molar-refractivity contribution in [1.82, 2.24) is 30.0 Å². The number of aryl methyl sites for hydroxylation is 1. The number of carbonyl (C=O) groups is 1. The third-order valence-electron chi connectivity index (χ3n) is 6.46. The Hall–Kier alpha value is -1.70. The predicted molar refractivity (Wildman–Crippen MR) is 95.7 cm³/mol. The van der Waals surface area contributed by atoms with Crippen LogP contribution in [0.1, 0.15) is 57.7 Å². The summed E-state index contributed by atoms with van der Waals surface area (Å²) < 4.78 is 5.15. The van der Waals surface area contributed by atoms with Gasteiger partial charge in [0.25, 0.3) is 0 Å². The molecule has 1 amide bonds. The van der Waals surface area contributed by atoms with E-state index < -0.39 is 0 Å². The van der Waals surface area contributed by atoms with Gasteiger partial charge in [0.1, 0.15) is 0 Å². The van der Waals surface area contributed by atoms with Crippen LogP contribution in [0.3, 0.4) is 0 Å². The first-order chi connectivity index (χ1) is 12.6. The summed E-state index contributed by atoms with van der Waals surface area (Å²) in [5.74, 6) is 1.36. The minimum Gasteiger partial charge on any atom is -0.450 e. The van der Waals surface area contributed by atoms with E-state index >= 15 is 0 Å². The Balaban J connectivity index is 1.24. The molecule has 0 aromatic carbocycles. The second-order valence-electron chi connectivity index (χ2n) is 8.08. The molecule has 0 unspecified atom stereocenters. The zero-order valence-corrected chi connectivity index (χ0v) is 15.9. The maximum atomic E-state index is 11.9. The second kappa shape index (κ2) is 7.13. The lowest BCUT2D eigenvalue weighted by Crippen LogP contribution is -2.54. The molecule has 3 fully saturated rings. The molecule has 2 saturated heterocycles. The minimum atomic E-state index is -0.138. The van der Waals surface area contributed by atoms with Gasteiger partial charge in [0.15, 0.2) is 5.82 Å². The van der Waals surface area contributed by atoms with E-state index in [2.05, 4.69) is 20.3 Å². The molecule has 1 saturated carbocycles. The molecule has 26 heavy (non-hydrogen) atoms. The van der Waals surface area contributed by atoms with Crippen LogP contribution in [-0.4, -0.2) is 74.9 Å². The summed E-state index contributed by atoms with van der Waals surface area (Å²) in [6.45, 7) is 9.10. The van der Waals surface area contributed by atoms with Crippen LogP contribution in [0.4, 0.5) is 4.79 Å². The van der Waals surface area contributed by atoms with Gasteiger partial charge in [0.2, 0.25) is 0 Å². The first-order valence-electron chi connectivity index (χ1n) is 10.1. The fraction of sp³-hybridized carbons (Fsp3) is 0.889. The van der Waals surface area contributed by atoms with E-state index in [4.69, 9.17) is 4.74 Å². The summed E-state index contributed by atoms with van der Waals surface area (Å²) >= 11 is 0. The zero-order chi connectivity index (χ0) is 18.1. The van der Waals surface area contributed by atoms with Crippen molar-refractivity contribution in [2.24, 2.45) is 5.41 Å². The molecule has 1 aromatic heterocycles. The van der Waals surface area contributed by atoms with Crippen molar-refractivity contribution in [3.05, 3.63) is 5.82 Å². The first-order valence-corrected chi connectivity index (χ1v) is 10.1. The molecule has 8 heteroatoms. The Labute approximate surface area is 154 Å². The number of hydrogen-bond acceptors (Lipinski definition) is 6. The van der Waals surface area contributed by atoms with E-state index in [1.54, 1.807) is 4.80 Å². The van der Waals surface area contributed by atoms with Crippen LogP contribution in [0, 0.1) is 5.41 Å². The molecule has 0 N–H and O–H groups in total. The molecule has 0 atom stereocenters. The Kier molecular flexibility index (Phi) is 4.86.